The van der Waals surface area contributed by atoms with Crippen molar-refractivity contribution < 1.29 is 4.79 Å². The lowest BCUT2D eigenvalue weighted by Crippen LogP contribution is -2.35. The van der Waals surface area contributed by atoms with E-state index in [9.17, 15) is 4.79 Å². The van der Waals surface area contributed by atoms with Crippen molar-refractivity contribution in [3.8, 4) is 0 Å². The third-order valence-electron chi connectivity index (χ3n) is 3.93. The minimum absolute atomic E-state index is 0.113. The highest BCUT2D eigenvalue weighted by Gasteiger charge is 2.23. The number of carbonyl (C=O) groups excluding carboxylic acids is 1. The van der Waals surface area contributed by atoms with E-state index in [2.05, 4.69) is 21.1 Å². The van der Waals surface area contributed by atoms with Gasteiger partial charge < -0.3 is 4.90 Å². The molecule has 3 aromatic heterocycles. The first-order valence-electron chi connectivity index (χ1n) is 7.61. The first-order valence-corrected chi connectivity index (χ1v) is 7.99. The van der Waals surface area contributed by atoms with Crippen LogP contribution in [0.15, 0.2) is 48.9 Å². The van der Waals surface area contributed by atoms with Crippen molar-refractivity contribution in [1.82, 2.24) is 24.5 Å². The molecule has 0 fully saturated rings. The molecule has 0 saturated carbocycles. The van der Waals surface area contributed by atoms with Crippen molar-refractivity contribution in [1.29, 1.82) is 0 Å². The van der Waals surface area contributed by atoms with Gasteiger partial charge >= 0.3 is 0 Å². The minimum Gasteiger partial charge on any atom is -0.333 e. The molecule has 24 heavy (non-hydrogen) atoms. The Kier molecular flexibility index (Phi) is 3.74. The van der Waals surface area contributed by atoms with Gasteiger partial charge in [0.1, 0.15) is 0 Å². The molecule has 7 heteroatoms. The lowest BCUT2D eigenvalue weighted by Gasteiger charge is -2.26. The summed E-state index contributed by atoms with van der Waals surface area (Å²) >= 11 is 5.91. The summed E-state index contributed by atoms with van der Waals surface area (Å²) in [7, 11) is 0. The van der Waals surface area contributed by atoms with Gasteiger partial charge in [0.15, 0.2) is 11.3 Å². The van der Waals surface area contributed by atoms with Crippen LogP contribution in [0.4, 0.5) is 0 Å². The predicted molar refractivity (Wildman–Crippen MR) is 90.7 cm³/mol. The van der Waals surface area contributed by atoms with E-state index >= 15 is 0 Å². The number of carbonyl (C=O) groups is 1. The summed E-state index contributed by atoms with van der Waals surface area (Å²) in [5, 5.41) is 4.76. The maximum atomic E-state index is 12.8. The Labute approximate surface area is 143 Å². The third-order valence-corrected chi connectivity index (χ3v) is 4.13. The van der Waals surface area contributed by atoms with Gasteiger partial charge in [0.05, 0.1) is 16.9 Å². The Morgan fingerprint density at radius 3 is 3.00 bits per heavy atom. The SMILES string of the molecule is O=C(c1cc2ncc(Cl)cn2n1)N1CCC=C(c2ccccn2)C1. The summed E-state index contributed by atoms with van der Waals surface area (Å²) in [5.74, 6) is -0.113. The highest BCUT2D eigenvalue weighted by atomic mass is 35.5. The number of hydrogen-bond acceptors (Lipinski definition) is 4. The lowest BCUT2D eigenvalue weighted by atomic mass is 10.1. The fourth-order valence-electron chi connectivity index (χ4n) is 2.78. The summed E-state index contributed by atoms with van der Waals surface area (Å²) in [6, 6.07) is 7.46. The summed E-state index contributed by atoms with van der Waals surface area (Å²) in [5.41, 5.74) is 2.92. The van der Waals surface area contributed by atoms with Gasteiger partial charge in [-0.1, -0.05) is 23.7 Å². The second kappa shape index (κ2) is 6.05. The first kappa shape index (κ1) is 14.8. The fourth-order valence-corrected chi connectivity index (χ4v) is 2.92. The van der Waals surface area contributed by atoms with Crippen molar-refractivity contribution in [3.63, 3.8) is 0 Å². The van der Waals surface area contributed by atoms with E-state index in [0.29, 0.717) is 29.5 Å². The summed E-state index contributed by atoms with van der Waals surface area (Å²) in [4.78, 5) is 23.1. The second-order valence-electron chi connectivity index (χ2n) is 5.56. The van der Waals surface area contributed by atoms with E-state index < -0.39 is 0 Å². The Morgan fingerprint density at radius 1 is 1.25 bits per heavy atom. The number of hydrogen-bond donors (Lipinski definition) is 0. The molecule has 0 N–H and O–H groups in total. The van der Waals surface area contributed by atoms with Gasteiger partial charge in [0.25, 0.3) is 5.91 Å². The molecular formula is C17H14ClN5O. The smallest absolute Gasteiger partial charge is 0.274 e. The van der Waals surface area contributed by atoms with Gasteiger partial charge in [-0.2, -0.15) is 5.10 Å². The molecule has 0 unspecified atom stereocenters. The van der Waals surface area contributed by atoms with Crippen LogP contribution in [0.1, 0.15) is 22.6 Å². The van der Waals surface area contributed by atoms with E-state index in [0.717, 1.165) is 17.7 Å². The normalized spacial score (nSPS) is 14.7. The Balaban J connectivity index is 1.59. The van der Waals surface area contributed by atoms with Crippen molar-refractivity contribution in [2.24, 2.45) is 0 Å². The molecule has 0 spiro atoms. The van der Waals surface area contributed by atoms with Crippen LogP contribution in [-0.2, 0) is 0 Å². The maximum absolute atomic E-state index is 12.8. The first-order chi connectivity index (χ1) is 11.7. The molecule has 0 atom stereocenters. The van der Waals surface area contributed by atoms with E-state index in [-0.39, 0.29) is 5.91 Å². The second-order valence-corrected chi connectivity index (χ2v) is 6.00. The molecular weight excluding hydrogens is 326 g/mol. The summed E-state index contributed by atoms with van der Waals surface area (Å²) < 4.78 is 1.52. The zero-order chi connectivity index (χ0) is 16.5. The molecule has 0 aliphatic carbocycles. The standard InChI is InChI=1S/C17H14ClN5O/c18-13-9-20-16-8-15(21-23(16)11-13)17(24)22-7-3-4-12(10-22)14-5-1-2-6-19-14/h1-2,4-6,8-9,11H,3,7,10H2. The van der Waals surface area contributed by atoms with Crippen LogP contribution in [0, 0.1) is 0 Å². The van der Waals surface area contributed by atoms with Crippen LogP contribution in [0.3, 0.4) is 0 Å². The molecule has 0 radical (unpaired) electrons. The molecule has 4 heterocycles. The number of amides is 1. The number of fused-ring (bicyclic) bond motifs is 1. The zero-order valence-electron chi connectivity index (χ0n) is 12.8. The van der Waals surface area contributed by atoms with Gasteiger partial charge in [-0.3, -0.25) is 9.78 Å². The number of aromatic nitrogens is 4. The molecule has 120 valence electrons. The Morgan fingerprint density at radius 2 is 2.17 bits per heavy atom. The number of pyridine rings is 1. The van der Waals surface area contributed by atoms with Crippen molar-refractivity contribution in [2.45, 2.75) is 6.42 Å². The average Bonchev–Trinajstić information content (AvgIpc) is 3.05. The number of halogens is 1. The Hall–Kier alpha value is -2.73. The third kappa shape index (κ3) is 2.76. The molecule has 0 saturated heterocycles. The van der Waals surface area contributed by atoms with Crippen LogP contribution in [-0.4, -0.2) is 43.5 Å². The Bertz CT molecular complexity index is 935. The molecule has 1 aliphatic rings. The zero-order valence-corrected chi connectivity index (χ0v) is 13.5. The summed E-state index contributed by atoms with van der Waals surface area (Å²) in [6.45, 7) is 1.19. The average molecular weight is 340 g/mol. The highest BCUT2D eigenvalue weighted by Crippen LogP contribution is 2.20. The van der Waals surface area contributed by atoms with Crippen molar-refractivity contribution in [2.75, 3.05) is 13.1 Å². The molecule has 3 aromatic rings. The largest absolute Gasteiger partial charge is 0.333 e. The van der Waals surface area contributed by atoms with Crippen molar-refractivity contribution in [3.05, 3.63) is 65.3 Å². The van der Waals surface area contributed by atoms with Crippen molar-refractivity contribution >= 4 is 28.7 Å². The quantitative estimate of drug-likeness (QED) is 0.720. The molecule has 0 bridgehead atoms. The predicted octanol–water partition coefficient (Wildman–Crippen LogP) is 2.71. The van der Waals surface area contributed by atoms with Crippen LogP contribution in [0.5, 0.6) is 0 Å². The topological polar surface area (TPSA) is 63.4 Å². The van der Waals surface area contributed by atoms with Crippen LogP contribution >= 0.6 is 11.6 Å². The monoisotopic (exact) mass is 339 g/mol. The van der Waals surface area contributed by atoms with Gasteiger partial charge in [0, 0.05) is 31.5 Å². The van der Waals surface area contributed by atoms with Gasteiger partial charge in [-0.25, -0.2) is 9.50 Å². The van der Waals surface area contributed by atoms with Gasteiger partial charge in [-0.15, -0.1) is 0 Å². The minimum atomic E-state index is -0.113. The van der Waals surface area contributed by atoms with Gasteiger partial charge in [0.2, 0.25) is 0 Å². The van der Waals surface area contributed by atoms with E-state index in [4.69, 9.17) is 11.6 Å². The number of rotatable bonds is 2. The lowest BCUT2D eigenvalue weighted by molar-refractivity contribution is 0.0768. The molecule has 1 aliphatic heterocycles. The van der Waals surface area contributed by atoms with Gasteiger partial charge in [-0.05, 0) is 24.1 Å². The maximum Gasteiger partial charge on any atom is 0.274 e. The van der Waals surface area contributed by atoms with Crippen LogP contribution in [0.25, 0.3) is 11.2 Å². The van der Waals surface area contributed by atoms with Crippen LogP contribution in [0.2, 0.25) is 5.02 Å². The van der Waals surface area contributed by atoms with Crippen LogP contribution < -0.4 is 0 Å². The van der Waals surface area contributed by atoms with E-state index in [1.54, 1.807) is 23.4 Å². The fraction of sp³-hybridized carbons (Fsp3) is 0.176. The molecule has 4 rings (SSSR count). The number of nitrogens with zero attached hydrogens (tertiary/aromatic N) is 5. The summed E-state index contributed by atoms with van der Waals surface area (Å²) in [6.07, 6.45) is 7.87. The molecule has 6 nitrogen and oxygen atoms in total. The molecule has 1 amide bonds. The molecule has 0 aromatic carbocycles. The highest BCUT2D eigenvalue weighted by molar-refractivity contribution is 6.30. The van der Waals surface area contributed by atoms with E-state index in [1.807, 2.05) is 18.2 Å². The van der Waals surface area contributed by atoms with E-state index in [1.165, 1.54) is 10.7 Å².